The summed E-state index contributed by atoms with van der Waals surface area (Å²) in [6.07, 6.45) is 4.91. The summed E-state index contributed by atoms with van der Waals surface area (Å²) >= 11 is 0. The van der Waals surface area contributed by atoms with Gasteiger partial charge in [0.2, 0.25) is 0 Å². The second-order valence-electron chi connectivity index (χ2n) is 10.6. The van der Waals surface area contributed by atoms with Crippen molar-refractivity contribution < 1.29 is 4.42 Å². The van der Waals surface area contributed by atoms with E-state index in [9.17, 15) is 0 Å². The van der Waals surface area contributed by atoms with Crippen LogP contribution in [0.4, 0.5) is 0 Å². The topological polar surface area (TPSA) is 49.9 Å². The Balaban J connectivity index is 1.18. The van der Waals surface area contributed by atoms with E-state index in [1.165, 1.54) is 21.9 Å². The molecule has 4 heteroatoms. The van der Waals surface area contributed by atoms with E-state index in [1.807, 2.05) is 30.3 Å². The molecule has 2 aliphatic rings. The Labute approximate surface area is 238 Å². The number of aliphatic imine (C=N–C) groups is 2. The molecule has 41 heavy (non-hydrogen) atoms. The number of rotatable bonds is 4. The number of furan rings is 1. The number of nitrogens with one attached hydrogen (secondary N) is 1. The van der Waals surface area contributed by atoms with Gasteiger partial charge in [-0.1, -0.05) is 121 Å². The summed E-state index contributed by atoms with van der Waals surface area (Å²) in [4.78, 5) is 10.3. The third-order valence-corrected chi connectivity index (χ3v) is 8.08. The van der Waals surface area contributed by atoms with Crippen molar-refractivity contribution in [1.29, 1.82) is 0 Å². The van der Waals surface area contributed by atoms with Crippen molar-refractivity contribution in [1.82, 2.24) is 5.32 Å². The Morgan fingerprint density at radius 2 is 1.27 bits per heavy atom. The van der Waals surface area contributed by atoms with Crippen LogP contribution < -0.4 is 5.32 Å². The molecule has 0 saturated carbocycles. The lowest BCUT2D eigenvalue weighted by Gasteiger charge is -2.27. The van der Waals surface area contributed by atoms with Crippen molar-refractivity contribution in [2.24, 2.45) is 9.98 Å². The zero-order valence-corrected chi connectivity index (χ0v) is 22.4. The van der Waals surface area contributed by atoms with E-state index in [0.717, 1.165) is 51.5 Å². The van der Waals surface area contributed by atoms with Crippen molar-refractivity contribution in [3.8, 4) is 11.1 Å². The minimum atomic E-state index is -0.314. The highest BCUT2D eigenvalue weighted by atomic mass is 16.3. The summed E-state index contributed by atoms with van der Waals surface area (Å²) in [5, 5.41) is 7.17. The van der Waals surface area contributed by atoms with Gasteiger partial charge in [0.1, 0.15) is 23.0 Å². The highest BCUT2D eigenvalue weighted by Crippen LogP contribution is 2.40. The van der Waals surface area contributed by atoms with Gasteiger partial charge < -0.3 is 9.73 Å². The van der Waals surface area contributed by atoms with Gasteiger partial charge in [0.15, 0.2) is 6.17 Å². The summed E-state index contributed by atoms with van der Waals surface area (Å²) < 4.78 is 6.42. The Morgan fingerprint density at radius 1 is 0.610 bits per heavy atom. The molecule has 1 aliphatic heterocycles. The fourth-order valence-corrected chi connectivity index (χ4v) is 5.96. The van der Waals surface area contributed by atoms with Gasteiger partial charge in [-0.2, -0.15) is 0 Å². The van der Waals surface area contributed by atoms with E-state index in [1.54, 1.807) is 0 Å². The standard InChI is InChI=1S/C37H27N3O/c1-2-10-26(11-3-1)35-38-36(27-20-17-25(18-21-27)29-22-19-24-9-4-5-12-28(24)23-29)40-37(39-35)32-15-8-14-31-30-13-6-7-16-33(30)41-34(31)32/h1-14,16-23,32,37H,15H2,(H,38,39,40). The summed E-state index contributed by atoms with van der Waals surface area (Å²) in [6, 6.07) is 42.2. The lowest BCUT2D eigenvalue weighted by molar-refractivity contribution is 0.437. The zero-order chi connectivity index (χ0) is 27.2. The molecule has 0 bridgehead atoms. The molecule has 2 heterocycles. The molecule has 4 nitrogen and oxygen atoms in total. The monoisotopic (exact) mass is 529 g/mol. The van der Waals surface area contributed by atoms with Crippen LogP contribution in [0.3, 0.4) is 0 Å². The van der Waals surface area contributed by atoms with Crippen molar-refractivity contribution in [2.75, 3.05) is 0 Å². The fourth-order valence-electron chi connectivity index (χ4n) is 5.96. The molecule has 196 valence electrons. The van der Waals surface area contributed by atoms with Crippen LogP contribution in [-0.2, 0) is 0 Å². The van der Waals surface area contributed by atoms with Gasteiger partial charge in [-0.3, -0.25) is 0 Å². The molecule has 0 radical (unpaired) electrons. The third-order valence-electron chi connectivity index (χ3n) is 8.08. The molecule has 0 saturated heterocycles. The number of para-hydroxylation sites is 1. The number of nitrogens with zero attached hydrogens (tertiary/aromatic N) is 2. The van der Waals surface area contributed by atoms with E-state index >= 15 is 0 Å². The number of fused-ring (bicyclic) bond motifs is 4. The van der Waals surface area contributed by atoms with Crippen LogP contribution in [0, 0.1) is 0 Å². The molecule has 8 rings (SSSR count). The first-order valence-corrected chi connectivity index (χ1v) is 14.1. The van der Waals surface area contributed by atoms with E-state index < -0.39 is 0 Å². The van der Waals surface area contributed by atoms with Gasteiger partial charge in [-0.05, 0) is 40.5 Å². The largest absolute Gasteiger partial charge is 0.460 e. The average Bonchev–Trinajstić information content (AvgIpc) is 3.44. The molecule has 6 aromatic rings. The van der Waals surface area contributed by atoms with E-state index in [2.05, 4.69) is 108 Å². The van der Waals surface area contributed by atoms with Crippen LogP contribution in [0.2, 0.25) is 0 Å². The lowest BCUT2D eigenvalue weighted by atomic mass is 9.90. The Kier molecular flexibility index (Phi) is 5.63. The minimum absolute atomic E-state index is 0.00934. The molecule has 0 fully saturated rings. The molecular weight excluding hydrogens is 502 g/mol. The van der Waals surface area contributed by atoms with Crippen molar-refractivity contribution >= 4 is 39.5 Å². The van der Waals surface area contributed by atoms with Crippen molar-refractivity contribution in [3.63, 3.8) is 0 Å². The normalized spacial score (nSPS) is 18.0. The first-order chi connectivity index (χ1) is 20.3. The Hall–Kier alpha value is -5.22. The van der Waals surface area contributed by atoms with Gasteiger partial charge in [0.05, 0.1) is 5.92 Å². The van der Waals surface area contributed by atoms with Crippen molar-refractivity contribution in [3.05, 3.63) is 150 Å². The first kappa shape index (κ1) is 23.6. The quantitative estimate of drug-likeness (QED) is 0.249. The molecule has 2 atom stereocenters. The van der Waals surface area contributed by atoms with Gasteiger partial charge in [-0.15, -0.1) is 0 Å². The molecule has 1 N–H and O–H groups in total. The minimum Gasteiger partial charge on any atom is -0.460 e. The van der Waals surface area contributed by atoms with E-state index in [0.29, 0.717) is 0 Å². The zero-order valence-electron chi connectivity index (χ0n) is 22.4. The molecule has 1 aromatic heterocycles. The smallest absolute Gasteiger partial charge is 0.154 e. The Bertz CT molecular complexity index is 2000. The Morgan fingerprint density at radius 3 is 2.10 bits per heavy atom. The van der Waals surface area contributed by atoms with E-state index in [4.69, 9.17) is 14.4 Å². The number of hydrogen-bond donors (Lipinski definition) is 1. The van der Waals surface area contributed by atoms with Crippen LogP contribution in [0.15, 0.2) is 142 Å². The van der Waals surface area contributed by atoms with Crippen LogP contribution >= 0.6 is 0 Å². The first-order valence-electron chi connectivity index (χ1n) is 14.1. The second-order valence-corrected chi connectivity index (χ2v) is 10.6. The third kappa shape index (κ3) is 4.25. The summed E-state index contributed by atoms with van der Waals surface area (Å²) in [6.45, 7) is 0. The highest BCUT2D eigenvalue weighted by molar-refractivity contribution is 6.16. The molecular formula is C37H27N3O. The molecule has 2 unspecified atom stereocenters. The average molecular weight is 530 g/mol. The maximum Gasteiger partial charge on any atom is 0.154 e. The highest BCUT2D eigenvalue weighted by Gasteiger charge is 2.33. The molecule has 1 aliphatic carbocycles. The lowest BCUT2D eigenvalue weighted by Crippen LogP contribution is -2.39. The summed E-state index contributed by atoms with van der Waals surface area (Å²) in [5.74, 6) is 2.62. The summed E-state index contributed by atoms with van der Waals surface area (Å²) in [5.41, 5.74) is 6.48. The van der Waals surface area contributed by atoms with Gasteiger partial charge in [-0.25, -0.2) is 9.98 Å². The summed E-state index contributed by atoms with van der Waals surface area (Å²) in [7, 11) is 0. The van der Waals surface area contributed by atoms with Crippen molar-refractivity contribution in [2.45, 2.75) is 18.5 Å². The van der Waals surface area contributed by atoms with Crippen LogP contribution in [-0.4, -0.2) is 17.8 Å². The number of benzene rings is 5. The van der Waals surface area contributed by atoms with Gasteiger partial charge in [0, 0.05) is 22.1 Å². The fraction of sp³-hybridized carbons (Fsp3) is 0.0811. The van der Waals surface area contributed by atoms with Crippen LogP contribution in [0.25, 0.3) is 38.9 Å². The molecule has 5 aromatic carbocycles. The predicted octanol–water partition coefficient (Wildman–Crippen LogP) is 8.58. The number of hydrogen-bond acceptors (Lipinski definition) is 4. The second kappa shape index (κ2) is 9.76. The SMILES string of the molecule is C1=Cc2c(oc3ccccc23)C(C2N=C(c3ccccc3)NC(c3ccc(-c4ccc5ccccc5c4)cc3)=N2)C1. The maximum absolute atomic E-state index is 6.42. The van der Waals surface area contributed by atoms with Crippen LogP contribution in [0.1, 0.15) is 34.8 Å². The van der Waals surface area contributed by atoms with Gasteiger partial charge in [0.25, 0.3) is 0 Å². The van der Waals surface area contributed by atoms with E-state index in [-0.39, 0.29) is 12.1 Å². The number of amidine groups is 2. The molecule has 0 spiro atoms. The van der Waals surface area contributed by atoms with Gasteiger partial charge >= 0.3 is 0 Å². The predicted molar refractivity (Wildman–Crippen MR) is 168 cm³/mol. The van der Waals surface area contributed by atoms with Crippen LogP contribution in [0.5, 0.6) is 0 Å². The molecule has 0 amide bonds. The number of allylic oxidation sites excluding steroid dienone is 1. The maximum atomic E-state index is 6.42.